The molecule has 0 atom stereocenters. The maximum Gasteiger partial charge on any atom is 0.128 e. The van der Waals surface area contributed by atoms with Gasteiger partial charge in [-0.3, -0.25) is 0 Å². The molecular formula is C12H9O3-. The summed E-state index contributed by atoms with van der Waals surface area (Å²) < 4.78 is 4.99. The lowest BCUT2D eigenvalue weighted by Crippen LogP contribution is -2.22. The Morgan fingerprint density at radius 1 is 1.20 bits per heavy atom. The zero-order valence-electron chi connectivity index (χ0n) is 8.19. The van der Waals surface area contributed by atoms with Gasteiger partial charge in [0.15, 0.2) is 0 Å². The lowest BCUT2D eigenvalue weighted by Gasteiger charge is -2.10. The van der Waals surface area contributed by atoms with Crippen molar-refractivity contribution in [2.75, 3.05) is 7.11 Å². The normalized spacial score (nSPS) is 10.2. The lowest BCUT2D eigenvalue weighted by molar-refractivity contribution is -0.255. The minimum absolute atomic E-state index is 0.0798. The van der Waals surface area contributed by atoms with Gasteiger partial charge in [0.2, 0.25) is 0 Å². The van der Waals surface area contributed by atoms with Gasteiger partial charge in [-0.1, -0.05) is 24.3 Å². The van der Waals surface area contributed by atoms with Crippen molar-refractivity contribution in [1.82, 2.24) is 0 Å². The molecule has 0 spiro atoms. The highest BCUT2D eigenvalue weighted by atomic mass is 16.5. The number of carbonyl (C=O) groups excluding carboxylic acids is 1. The SMILES string of the molecule is COc1cc2ccccc2cc1C(=O)[O-]. The van der Waals surface area contributed by atoms with Crippen LogP contribution < -0.4 is 9.84 Å². The Morgan fingerprint density at radius 2 is 1.80 bits per heavy atom. The quantitative estimate of drug-likeness (QED) is 0.733. The van der Waals surface area contributed by atoms with Crippen LogP contribution >= 0.6 is 0 Å². The highest BCUT2D eigenvalue weighted by Gasteiger charge is 2.05. The van der Waals surface area contributed by atoms with Crippen molar-refractivity contribution in [3.63, 3.8) is 0 Å². The van der Waals surface area contributed by atoms with Crippen molar-refractivity contribution in [3.05, 3.63) is 42.0 Å². The van der Waals surface area contributed by atoms with Gasteiger partial charge in [0.1, 0.15) is 5.75 Å². The van der Waals surface area contributed by atoms with Crippen LogP contribution in [0.5, 0.6) is 5.75 Å². The molecule has 0 radical (unpaired) electrons. The Hall–Kier alpha value is -2.03. The first-order chi connectivity index (χ1) is 7.22. The molecule has 0 N–H and O–H groups in total. The second-order valence-corrected chi connectivity index (χ2v) is 3.19. The molecule has 15 heavy (non-hydrogen) atoms. The molecule has 3 heteroatoms. The van der Waals surface area contributed by atoms with E-state index in [-0.39, 0.29) is 5.56 Å². The van der Waals surface area contributed by atoms with Gasteiger partial charge in [0.25, 0.3) is 0 Å². The Bertz CT molecular complexity index is 517. The molecule has 76 valence electrons. The summed E-state index contributed by atoms with van der Waals surface area (Å²) >= 11 is 0. The number of methoxy groups -OCH3 is 1. The van der Waals surface area contributed by atoms with Gasteiger partial charge < -0.3 is 14.6 Å². The summed E-state index contributed by atoms with van der Waals surface area (Å²) in [5.74, 6) is -0.897. The first-order valence-electron chi connectivity index (χ1n) is 4.50. The zero-order valence-corrected chi connectivity index (χ0v) is 8.19. The number of carboxylic acids is 1. The second kappa shape index (κ2) is 3.61. The first-order valence-corrected chi connectivity index (χ1v) is 4.50. The van der Waals surface area contributed by atoms with E-state index in [0.29, 0.717) is 5.75 Å². The molecule has 0 aromatic heterocycles. The van der Waals surface area contributed by atoms with Gasteiger partial charge in [-0.2, -0.15) is 0 Å². The smallest absolute Gasteiger partial charge is 0.128 e. The fraction of sp³-hybridized carbons (Fsp3) is 0.0833. The molecule has 3 nitrogen and oxygen atoms in total. The Labute approximate surface area is 86.9 Å². The molecule has 2 aromatic rings. The number of aromatic carboxylic acids is 1. The van der Waals surface area contributed by atoms with Crippen molar-refractivity contribution in [2.45, 2.75) is 0 Å². The summed E-state index contributed by atoms with van der Waals surface area (Å²) in [4.78, 5) is 10.8. The van der Waals surface area contributed by atoms with E-state index in [4.69, 9.17) is 4.74 Å². The van der Waals surface area contributed by atoms with E-state index in [1.807, 2.05) is 24.3 Å². The number of carbonyl (C=O) groups is 1. The molecule has 0 bridgehead atoms. The number of benzene rings is 2. The van der Waals surface area contributed by atoms with Gasteiger partial charge in [0, 0.05) is 5.56 Å². The molecule has 2 aromatic carbocycles. The lowest BCUT2D eigenvalue weighted by atomic mass is 10.1. The van der Waals surface area contributed by atoms with Crippen LogP contribution in [-0.2, 0) is 0 Å². The van der Waals surface area contributed by atoms with Gasteiger partial charge in [-0.05, 0) is 22.9 Å². The molecule has 0 saturated heterocycles. The number of ether oxygens (including phenoxy) is 1. The second-order valence-electron chi connectivity index (χ2n) is 3.19. The van der Waals surface area contributed by atoms with Gasteiger partial charge >= 0.3 is 0 Å². The van der Waals surface area contributed by atoms with E-state index in [1.54, 1.807) is 12.1 Å². The molecule has 0 amide bonds. The molecule has 0 fully saturated rings. The fourth-order valence-electron chi connectivity index (χ4n) is 1.55. The highest BCUT2D eigenvalue weighted by molar-refractivity contribution is 5.96. The van der Waals surface area contributed by atoms with Crippen LogP contribution in [0.25, 0.3) is 10.8 Å². The van der Waals surface area contributed by atoms with Crippen molar-refractivity contribution in [2.24, 2.45) is 0 Å². The number of hydrogen-bond donors (Lipinski definition) is 0. The third kappa shape index (κ3) is 1.64. The monoisotopic (exact) mass is 201 g/mol. The Morgan fingerprint density at radius 3 is 2.33 bits per heavy atom. The number of hydrogen-bond acceptors (Lipinski definition) is 3. The maximum absolute atomic E-state index is 10.8. The summed E-state index contributed by atoms with van der Waals surface area (Å²) in [6.45, 7) is 0. The van der Waals surface area contributed by atoms with Crippen molar-refractivity contribution < 1.29 is 14.6 Å². The number of fused-ring (bicyclic) bond motifs is 1. The molecule has 0 unspecified atom stereocenters. The maximum atomic E-state index is 10.8. The number of carboxylic acid groups (broad SMARTS) is 1. The summed E-state index contributed by atoms with van der Waals surface area (Å²) in [5, 5.41) is 12.6. The Balaban J connectivity index is 2.74. The molecule has 2 rings (SSSR count). The fourth-order valence-corrected chi connectivity index (χ4v) is 1.55. The van der Waals surface area contributed by atoms with Crippen LogP contribution in [0.4, 0.5) is 0 Å². The molecule has 0 aliphatic heterocycles. The minimum atomic E-state index is -1.22. The average Bonchev–Trinajstić information content (AvgIpc) is 2.27. The van der Waals surface area contributed by atoms with E-state index < -0.39 is 5.97 Å². The predicted molar refractivity (Wildman–Crippen MR) is 54.8 cm³/mol. The van der Waals surface area contributed by atoms with Crippen LogP contribution in [0.1, 0.15) is 10.4 Å². The average molecular weight is 201 g/mol. The summed E-state index contributed by atoms with van der Waals surface area (Å²) in [6.07, 6.45) is 0. The van der Waals surface area contributed by atoms with E-state index in [1.165, 1.54) is 7.11 Å². The summed E-state index contributed by atoms with van der Waals surface area (Å²) in [5.41, 5.74) is 0.0798. The van der Waals surface area contributed by atoms with Gasteiger partial charge in [0.05, 0.1) is 13.1 Å². The van der Waals surface area contributed by atoms with E-state index in [0.717, 1.165) is 10.8 Å². The van der Waals surface area contributed by atoms with E-state index in [9.17, 15) is 9.90 Å². The molecule has 0 aliphatic rings. The highest BCUT2D eigenvalue weighted by Crippen LogP contribution is 2.25. The molecule has 0 aliphatic carbocycles. The van der Waals surface area contributed by atoms with E-state index in [2.05, 4.69) is 0 Å². The first kappa shape index (κ1) is 9.52. The van der Waals surface area contributed by atoms with E-state index >= 15 is 0 Å². The van der Waals surface area contributed by atoms with Gasteiger partial charge in [-0.25, -0.2) is 0 Å². The van der Waals surface area contributed by atoms with Crippen LogP contribution in [0, 0.1) is 0 Å². The minimum Gasteiger partial charge on any atom is -0.545 e. The van der Waals surface area contributed by atoms with Crippen molar-refractivity contribution in [3.8, 4) is 5.75 Å². The molecular weight excluding hydrogens is 192 g/mol. The molecule has 0 saturated carbocycles. The van der Waals surface area contributed by atoms with Crippen molar-refractivity contribution in [1.29, 1.82) is 0 Å². The van der Waals surface area contributed by atoms with Crippen LogP contribution in [0.15, 0.2) is 36.4 Å². The third-order valence-corrected chi connectivity index (χ3v) is 2.29. The topological polar surface area (TPSA) is 49.4 Å². The van der Waals surface area contributed by atoms with Gasteiger partial charge in [-0.15, -0.1) is 0 Å². The summed E-state index contributed by atoms with van der Waals surface area (Å²) in [7, 11) is 1.44. The zero-order chi connectivity index (χ0) is 10.8. The standard InChI is InChI=1S/C12H10O3/c1-15-11-7-9-5-3-2-4-8(9)6-10(11)12(13)14/h2-7H,1H3,(H,13,14)/p-1. The largest absolute Gasteiger partial charge is 0.545 e. The molecule has 0 heterocycles. The Kier molecular flexibility index (Phi) is 2.29. The van der Waals surface area contributed by atoms with Crippen molar-refractivity contribution >= 4 is 16.7 Å². The van der Waals surface area contributed by atoms with Crippen LogP contribution in [-0.4, -0.2) is 13.1 Å². The number of rotatable bonds is 2. The summed E-state index contributed by atoms with van der Waals surface area (Å²) in [6, 6.07) is 10.7. The third-order valence-electron chi connectivity index (χ3n) is 2.29. The predicted octanol–water partition coefficient (Wildman–Crippen LogP) is 1.21. The van der Waals surface area contributed by atoms with Crippen LogP contribution in [0.2, 0.25) is 0 Å². The van der Waals surface area contributed by atoms with Crippen LogP contribution in [0.3, 0.4) is 0 Å².